The van der Waals surface area contributed by atoms with E-state index < -0.39 is 17.5 Å². The van der Waals surface area contributed by atoms with Gasteiger partial charge in [-0.15, -0.1) is 0 Å². The molecule has 0 bridgehead atoms. The van der Waals surface area contributed by atoms with Crippen molar-refractivity contribution in [2.45, 2.75) is 20.8 Å². The van der Waals surface area contributed by atoms with Gasteiger partial charge in [-0.05, 0) is 24.6 Å². The number of halogens is 2. The normalized spacial score (nSPS) is 8.93. The van der Waals surface area contributed by atoms with E-state index in [2.05, 4.69) is 5.32 Å². The van der Waals surface area contributed by atoms with Crippen molar-refractivity contribution in [1.82, 2.24) is 5.32 Å². The molecule has 4 heteroatoms. The fourth-order valence-electron chi connectivity index (χ4n) is 1.03. The van der Waals surface area contributed by atoms with E-state index in [0.717, 1.165) is 12.1 Å². The van der Waals surface area contributed by atoms with Crippen molar-refractivity contribution >= 4 is 5.91 Å². The number of carbonyl (C=O) groups is 1. The van der Waals surface area contributed by atoms with Crippen molar-refractivity contribution in [3.8, 4) is 0 Å². The van der Waals surface area contributed by atoms with E-state index in [4.69, 9.17) is 0 Å². The number of hydrogen-bond donors (Lipinski definition) is 1. The zero-order valence-electron chi connectivity index (χ0n) is 9.32. The molecule has 0 aliphatic carbocycles. The fourth-order valence-corrected chi connectivity index (χ4v) is 1.03. The van der Waals surface area contributed by atoms with Crippen LogP contribution >= 0.6 is 0 Å². The quantitative estimate of drug-likeness (QED) is 0.766. The van der Waals surface area contributed by atoms with Crippen LogP contribution in [-0.2, 0) is 0 Å². The summed E-state index contributed by atoms with van der Waals surface area (Å²) in [6.07, 6.45) is 0. The lowest BCUT2D eigenvalue weighted by atomic mass is 10.1. The molecule has 1 aromatic rings. The Bertz CT molecular complexity index is 351. The van der Waals surface area contributed by atoms with Gasteiger partial charge in [0.2, 0.25) is 0 Å². The summed E-state index contributed by atoms with van der Waals surface area (Å²) in [5.41, 5.74) is -0.140. The van der Waals surface area contributed by atoms with Gasteiger partial charge in [-0.3, -0.25) is 4.79 Å². The molecule has 0 saturated heterocycles. The predicted octanol–water partition coefficient (Wildman–Crippen LogP) is 2.66. The van der Waals surface area contributed by atoms with Crippen molar-refractivity contribution in [1.29, 1.82) is 0 Å². The average Bonchev–Trinajstić information content (AvgIpc) is 2.25. The highest BCUT2D eigenvalue weighted by molar-refractivity contribution is 5.94. The average molecular weight is 215 g/mol. The van der Waals surface area contributed by atoms with Crippen LogP contribution in [-0.4, -0.2) is 13.0 Å². The molecule has 0 radical (unpaired) electrons. The number of hydrogen-bond acceptors (Lipinski definition) is 1. The van der Waals surface area contributed by atoms with Crippen LogP contribution < -0.4 is 5.32 Å². The molecule has 0 fully saturated rings. The summed E-state index contributed by atoms with van der Waals surface area (Å²) in [5.74, 6) is -1.92. The van der Waals surface area contributed by atoms with Gasteiger partial charge in [-0.2, -0.15) is 0 Å². The Kier molecular flexibility index (Phi) is 5.52. The molecule has 1 aromatic carbocycles. The van der Waals surface area contributed by atoms with E-state index in [1.807, 2.05) is 13.8 Å². The summed E-state index contributed by atoms with van der Waals surface area (Å²) in [5, 5.41) is 2.23. The zero-order valence-corrected chi connectivity index (χ0v) is 9.32. The number of aryl methyl sites for hydroxylation is 1. The predicted molar refractivity (Wildman–Crippen MR) is 55.8 cm³/mol. The van der Waals surface area contributed by atoms with E-state index in [0.29, 0.717) is 0 Å². The maximum absolute atomic E-state index is 13.2. The van der Waals surface area contributed by atoms with E-state index in [1.54, 1.807) is 0 Å². The first-order valence-corrected chi connectivity index (χ1v) is 4.74. The highest BCUT2D eigenvalue weighted by atomic mass is 19.1. The van der Waals surface area contributed by atoms with Crippen molar-refractivity contribution in [2.24, 2.45) is 0 Å². The molecule has 0 aliphatic heterocycles. The van der Waals surface area contributed by atoms with Crippen molar-refractivity contribution in [2.75, 3.05) is 7.05 Å². The minimum atomic E-state index is -0.680. The molecule has 1 N–H and O–H groups in total. The van der Waals surface area contributed by atoms with Crippen LogP contribution in [0.15, 0.2) is 12.1 Å². The second kappa shape index (κ2) is 6.11. The Hall–Kier alpha value is -1.45. The van der Waals surface area contributed by atoms with Gasteiger partial charge in [0.25, 0.3) is 5.91 Å². The number of benzene rings is 1. The SMILES string of the molecule is CC.CNC(=O)c1cc(F)cc(C)c1F. The van der Waals surface area contributed by atoms with Gasteiger partial charge in [0.05, 0.1) is 5.56 Å². The van der Waals surface area contributed by atoms with Gasteiger partial charge < -0.3 is 5.32 Å². The summed E-state index contributed by atoms with van der Waals surface area (Å²) in [4.78, 5) is 11.0. The number of carbonyl (C=O) groups excluding carboxylic acids is 1. The van der Waals surface area contributed by atoms with Gasteiger partial charge >= 0.3 is 0 Å². The van der Waals surface area contributed by atoms with Gasteiger partial charge in [-0.25, -0.2) is 8.78 Å². The van der Waals surface area contributed by atoms with E-state index >= 15 is 0 Å². The molecule has 0 spiro atoms. The first-order valence-electron chi connectivity index (χ1n) is 4.74. The Morgan fingerprint density at radius 1 is 1.27 bits per heavy atom. The molecule has 0 atom stereocenters. The van der Waals surface area contributed by atoms with Crippen molar-refractivity contribution in [3.63, 3.8) is 0 Å². The van der Waals surface area contributed by atoms with Crippen LogP contribution in [0.4, 0.5) is 8.78 Å². The lowest BCUT2D eigenvalue weighted by molar-refractivity contribution is 0.0958. The third kappa shape index (κ3) is 3.31. The first-order chi connectivity index (χ1) is 7.06. The molecule has 1 rings (SSSR count). The van der Waals surface area contributed by atoms with Crippen LogP contribution in [0.3, 0.4) is 0 Å². The lowest BCUT2D eigenvalue weighted by Gasteiger charge is -2.04. The Morgan fingerprint density at radius 2 is 1.80 bits per heavy atom. The van der Waals surface area contributed by atoms with Crippen LogP contribution in [0.25, 0.3) is 0 Å². The Labute approximate surface area is 88.3 Å². The van der Waals surface area contributed by atoms with Gasteiger partial charge in [0.15, 0.2) is 0 Å². The smallest absolute Gasteiger partial charge is 0.254 e. The molecule has 0 unspecified atom stereocenters. The summed E-state index contributed by atoms with van der Waals surface area (Å²) in [7, 11) is 1.36. The highest BCUT2D eigenvalue weighted by Crippen LogP contribution is 2.14. The minimum Gasteiger partial charge on any atom is -0.355 e. The topological polar surface area (TPSA) is 29.1 Å². The van der Waals surface area contributed by atoms with E-state index in [1.165, 1.54) is 14.0 Å². The van der Waals surface area contributed by atoms with Crippen molar-refractivity contribution in [3.05, 3.63) is 34.9 Å². The van der Waals surface area contributed by atoms with Gasteiger partial charge in [-0.1, -0.05) is 13.8 Å². The molecule has 15 heavy (non-hydrogen) atoms. The molecular formula is C11H15F2NO. The fraction of sp³-hybridized carbons (Fsp3) is 0.364. The van der Waals surface area contributed by atoms with E-state index in [-0.39, 0.29) is 11.1 Å². The van der Waals surface area contributed by atoms with E-state index in [9.17, 15) is 13.6 Å². The molecule has 1 amide bonds. The molecule has 2 nitrogen and oxygen atoms in total. The third-order valence-corrected chi connectivity index (χ3v) is 1.69. The van der Waals surface area contributed by atoms with Crippen molar-refractivity contribution < 1.29 is 13.6 Å². The molecule has 0 aliphatic rings. The van der Waals surface area contributed by atoms with Gasteiger partial charge in [0, 0.05) is 7.05 Å². The molecule has 84 valence electrons. The standard InChI is InChI=1S/C9H9F2NO.C2H6/c1-5-3-6(10)4-7(8(5)11)9(13)12-2;1-2/h3-4H,1-2H3,(H,12,13);1-2H3. The molecule has 0 saturated carbocycles. The van der Waals surface area contributed by atoms with Crippen LogP contribution in [0.5, 0.6) is 0 Å². The summed E-state index contributed by atoms with van der Waals surface area (Å²) in [6, 6.07) is 1.92. The maximum atomic E-state index is 13.2. The van der Waals surface area contributed by atoms with Crippen LogP contribution in [0.2, 0.25) is 0 Å². The molecular weight excluding hydrogens is 200 g/mol. The van der Waals surface area contributed by atoms with Gasteiger partial charge in [0.1, 0.15) is 11.6 Å². The lowest BCUT2D eigenvalue weighted by Crippen LogP contribution is -2.19. The highest BCUT2D eigenvalue weighted by Gasteiger charge is 2.13. The number of rotatable bonds is 1. The minimum absolute atomic E-state index is 0.124. The summed E-state index contributed by atoms with van der Waals surface area (Å²) >= 11 is 0. The summed E-state index contributed by atoms with van der Waals surface area (Å²) in [6.45, 7) is 5.41. The molecule has 0 aromatic heterocycles. The number of nitrogens with one attached hydrogen (secondary N) is 1. The second-order valence-electron chi connectivity index (χ2n) is 2.66. The third-order valence-electron chi connectivity index (χ3n) is 1.69. The first kappa shape index (κ1) is 13.5. The van der Waals surface area contributed by atoms with Crippen LogP contribution in [0.1, 0.15) is 29.8 Å². The largest absolute Gasteiger partial charge is 0.355 e. The van der Waals surface area contributed by atoms with Crippen LogP contribution in [0, 0.1) is 18.6 Å². The maximum Gasteiger partial charge on any atom is 0.254 e. The Morgan fingerprint density at radius 3 is 2.27 bits per heavy atom. The Balaban J connectivity index is 0.000000921. The second-order valence-corrected chi connectivity index (χ2v) is 2.66. The summed E-state index contributed by atoms with van der Waals surface area (Å²) < 4.78 is 25.9. The number of amides is 1. The monoisotopic (exact) mass is 215 g/mol. The zero-order chi connectivity index (χ0) is 12.0. The molecule has 0 heterocycles.